The van der Waals surface area contributed by atoms with Crippen LogP contribution in [0.5, 0.6) is 5.75 Å². The van der Waals surface area contributed by atoms with Gasteiger partial charge in [0.2, 0.25) is 0 Å². The molecule has 2 aromatic carbocycles. The summed E-state index contributed by atoms with van der Waals surface area (Å²) in [6.07, 6.45) is 5.81. The van der Waals surface area contributed by atoms with Crippen molar-refractivity contribution in [1.82, 2.24) is 0 Å². The second-order valence-electron chi connectivity index (χ2n) is 9.41. The normalized spacial score (nSPS) is 18.3. The van der Waals surface area contributed by atoms with Crippen molar-refractivity contribution in [3.8, 4) is 16.9 Å². The SMILES string of the molecule is COc1cc(C)cc(-c2c(C)cc(NC3(C(=O)O)CCOCC3)cc2COC2CCCC2)c1. The summed E-state index contributed by atoms with van der Waals surface area (Å²) >= 11 is 0. The Balaban J connectivity index is 1.72. The average molecular weight is 454 g/mol. The third kappa shape index (κ3) is 5.33. The quantitative estimate of drug-likeness (QED) is 0.551. The summed E-state index contributed by atoms with van der Waals surface area (Å²) < 4.78 is 17.3. The largest absolute Gasteiger partial charge is 0.497 e. The van der Waals surface area contributed by atoms with Gasteiger partial charge in [-0.1, -0.05) is 18.9 Å². The van der Waals surface area contributed by atoms with E-state index >= 15 is 0 Å². The van der Waals surface area contributed by atoms with Gasteiger partial charge in [0, 0.05) is 31.7 Å². The van der Waals surface area contributed by atoms with Crippen LogP contribution in [0.25, 0.3) is 11.1 Å². The van der Waals surface area contributed by atoms with Crippen LogP contribution in [0.1, 0.15) is 55.2 Å². The predicted molar refractivity (Wildman–Crippen MR) is 129 cm³/mol. The molecule has 2 aromatic rings. The summed E-state index contributed by atoms with van der Waals surface area (Å²) in [5.41, 5.74) is 5.26. The monoisotopic (exact) mass is 453 g/mol. The number of ether oxygens (including phenoxy) is 3. The van der Waals surface area contributed by atoms with Crippen LogP contribution in [0.2, 0.25) is 0 Å². The number of rotatable bonds is 8. The van der Waals surface area contributed by atoms with Crippen LogP contribution in [0.15, 0.2) is 30.3 Å². The highest BCUT2D eigenvalue weighted by Crippen LogP contribution is 2.36. The van der Waals surface area contributed by atoms with Crippen LogP contribution in [-0.4, -0.2) is 43.0 Å². The molecule has 0 unspecified atom stereocenters. The summed E-state index contributed by atoms with van der Waals surface area (Å²) in [6.45, 7) is 5.52. The van der Waals surface area contributed by atoms with Gasteiger partial charge in [-0.3, -0.25) is 0 Å². The van der Waals surface area contributed by atoms with Crippen molar-refractivity contribution < 1.29 is 24.1 Å². The van der Waals surface area contributed by atoms with Gasteiger partial charge in [0.25, 0.3) is 0 Å². The molecule has 0 atom stereocenters. The van der Waals surface area contributed by atoms with Gasteiger partial charge in [0.05, 0.1) is 19.8 Å². The maximum absolute atomic E-state index is 12.2. The highest BCUT2D eigenvalue weighted by Gasteiger charge is 2.40. The number of anilines is 1. The van der Waals surface area contributed by atoms with E-state index in [0.29, 0.717) is 38.8 Å². The van der Waals surface area contributed by atoms with Crippen LogP contribution in [0.3, 0.4) is 0 Å². The van der Waals surface area contributed by atoms with Crippen LogP contribution >= 0.6 is 0 Å². The van der Waals surface area contributed by atoms with Gasteiger partial charge in [0.1, 0.15) is 11.3 Å². The lowest BCUT2D eigenvalue weighted by atomic mass is 9.88. The maximum Gasteiger partial charge on any atom is 0.329 e. The van der Waals surface area contributed by atoms with Crippen molar-refractivity contribution in [2.75, 3.05) is 25.6 Å². The first kappa shape index (κ1) is 23.6. The summed E-state index contributed by atoms with van der Waals surface area (Å²) in [4.78, 5) is 12.2. The number of carboxylic acid groups (broad SMARTS) is 1. The number of aryl methyl sites for hydroxylation is 2. The third-order valence-corrected chi connectivity index (χ3v) is 6.91. The first-order valence-electron chi connectivity index (χ1n) is 11.9. The number of hydrogen-bond acceptors (Lipinski definition) is 5. The Hall–Kier alpha value is -2.57. The van der Waals surface area contributed by atoms with E-state index in [0.717, 1.165) is 52.1 Å². The molecule has 6 heteroatoms. The standard InChI is InChI=1S/C27H35NO5/c1-18-12-20(16-24(13-18)31-3)25-19(2)14-22(15-21(25)17-33-23-6-4-5-7-23)28-27(26(29)30)8-10-32-11-9-27/h12-16,23,28H,4-11,17H2,1-3H3,(H,29,30). The molecular weight excluding hydrogens is 418 g/mol. The first-order valence-corrected chi connectivity index (χ1v) is 11.9. The minimum Gasteiger partial charge on any atom is -0.497 e. The molecule has 2 fully saturated rings. The number of aliphatic carboxylic acids is 1. The molecule has 0 radical (unpaired) electrons. The van der Waals surface area contributed by atoms with Crippen molar-refractivity contribution in [3.63, 3.8) is 0 Å². The molecule has 0 spiro atoms. The Morgan fingerprint density at radius 3 is 2.52 bits per heavy atom. The molecule has 4 rings (SSSR count). The lowest BCUT2D eigenvalue weighted by Gasteiger charge is -2.35. The molecule has 1 heterocycles. The van der Waals surface area contributed by atoms with Gasteiger partial charge in [-0.25, -0.2) is 4.79 Å². The van der Waals surface area contributed by atoms with Crippen molar-refractivity contribution in [2.24, 2.45) is 0 Å². The number of hydrogen-bond donors (Lipinski definition) is 2. The van der Waals surface area contributed by atoms with Crippen LogP contribution in [-0.2, 0) is 20.9 Å². The van der Waals surface area contributed by atoms with Gasteiger partial charge in [-0.15, -0.1) is 0 Å². The van der Waals surface area contributed by atoms with Gasteiger partial charge in [0.15, 0.2) is 0 Å². The van der Waals surface area contributed by atoms with E-state index in [2.05, 4.69) is 37.4 Å². The zero-order valence-electron chi connectivity index (χ0n) is 19.9. The smallest absolute Gasteiger partial charge is 0.329 e. The molecular formula is C27H35NO5. The summed E-state index contributed by atoms with van der Waals surface area (Å²) in [5, 5.41) is 13.4. The molecule has 0 bridgehead atoms. The van der Waals surface area contributed by atoms with Crippen LogP contribution < -0.4 is 10.1 Å². The molecule has 33 heavy (non-hydrogen) atoms. The van der Waals surface area contributed by atoms with Crippen molar-refractivity contribution in [1.29, 1.82) is 0 Å². The molecule has 0 amide bonds. The third-order valence-electron chi connectivity index (χ3n) is 6.91. The van der Waals surface area contributed by atoms with E-state index in [1.54, 1.807) is 7.11 Å². The zero-order chi connectivity index (χ0) is 23.4. The lowest BCUT2D eigenvalue weighted by molar-refractivity contribution is -0.145. The Kier molecular flexibility index (Phi) is 7.25. The van der Waals surface area contributed by atoms with Crippen molar-refractivity contribution in [2.45, 2.75) is 70.6 Å². The number of benzene rings is 2. The second kappa shape index (κ2) is 10.1. The van der Waals surface area contributed by atoms with Crippen molar-refractivity contribution in [3.05, 3.63) is 47.0 Å². The highest BCUT2D eigenvalue weighted by molar-refractivity contribution is 5.84. The van der Waals surface area contributed by atoms with E-state index in [1.807, 2.05) is 12.1 Å². The van der Waals surface area contributed by atoms with Gasteiger partial charge >= 0.3 is 5.97 Å². The molecule has 1 aliphatic carbocycles. The van der Waals surface area contributed by atoms with Gasteiger partial charge in [-0.2, -0.15) is 0 Å². The molecule has 6 nitrogen and oxygen atoms in total. The maximum atomic E-state index is 12.2. The molecule has 0 aromatic heterocycles. The predicted octanol–water partition coefficient (Wildman–Crippen LogP) is 5.48. The Morgan fingerprint density at radius 1 is 1.12 bits per heavy atom. The summed E-state index contributed by atoms with van der Waals surface area (Å²) in [6, 6.07) is 10.3. The number of carbonyl (C=O) groups is 1. The molecule has 178 valence electrons. The Labute approximate surface area is 196 Å². The fourth-order valence-electron chi connectivity index (χ4n) is 5.12. The fourth-order valence-corrected chi connectivity index (χ4v) is 5.12. The number of methoxy groups -OCH3 is 1. The molecule has 1 aliphatic heterocycles. The average Bonchev–Trinajstić information content (AvgIpc) is 3.31. The van der Waals surface area contributed by atoms with Crippen molar-refractivity contribution >= 4 is 11.7 Å². The summed E-state index contributed by atoms with van der Waals surface area (Å²) in [7, 11) is 1.68. The number of nitrogens with one attached hydrogen (secondary N) is 1. The van der Waals surface area contributed by atoms with E-state index in [1.165, 1.54) is 12.8 Å². The van der Waals surface area contributed by atoms with E-state index < -0.39 is 11.5 Å². The molecule has 1 saturated carbocycles. The second-order valence-corrected chi connectivity index (χ2v) is 9.41. The van der Waals surface area contributed by atoms with Crippen LogP contribution in [0.4, 0.5) is 5.69 Å². The van der Waals surface area contributed by atoms with Gasteiger partial charge < -0.3 is 24.6 Å². The minimum absolute atomic E-state index is 0.294. The lowest BCUT2D eigenvalue weighted by Crippen LogP contribution is -2.50. The zero-order valence-corrected chi connectivity index (χ0v) is 19.9. The van der Waals surface area contributed by atoms with Gasteiger partial charge in [-0.05, 0) is 78.8 Å². The number of carboxylic acids is 1. The molecule has 1 saturated heterocycles. The van der Waals surface area contributed by atoms with Crippen LogP contribution in [0, 0.1) is 13.8 Å². The topological polar surface area (TPSA) is 77.0 Å². The Bertz CT molecular complexity index is 990. The minimum atomic E-state index is -1.01. The van der Waals surface area contributed by atoms with E-state index in [-0.39, 0.29) is 0 Å². The first-order chi connectivity index (χ1) is 15.9. The molecule has 2 N–H and O–H groups in total. The Morgan fingerprint density at radius 2 is 1.85 bits per heavy atom. The summed E-state index contributed by atoms with van der Waals surface area (Å²) in [5.74, 6) is -0.0130. The molecule has 2 aliphatic rings. The van der Waals surface area contributed by atoms with E-state index in [9.17, 15) is 9.90 Å². The fraction of sp³-hybridized carbons (Fsp3) is 0.519. The highest BCUT2D eigenvalue weighted by atomic mass is 16.5. The van der Waals surface area contributed by atoms with E-state index in [4.69, 9.17) is 14.2 Å².